The summed E-state index contributed by atoms with van der Waals surface area (Å²) < 4.78 is 0. The summed E-state index contributed by atoms with van der Waals surface area (Å²) in [5.74, 6) is 0.0150. The largest absolute Gasteiger partial charge is 0.294 e. The molecule has 1 unspecified atom stereocenters. The van der Waals surface area contributed by atoms with Gasteiger partial charge in [0.15, 0.2) is 5.78 Å². The van der Waals surface area contributed by atoms with Crippen LogP contribution in [0.5, 0.6) is 0 Å². The minimum atomic E-state index is -0.452. The second kappa shape index (κ2) is 5.92. The Morgan fingerprint density at radius 2 is 1.88 bits per heavy atom. The first kappa shape index (κ1) is 15.7. The van der Waals surface area contributed by atoms with Crippen molar-refractivity contribution in [1.29, 1.82) is 0 Å². The van der Waals surface area contributed by atoms with E-state index in [9.17, 15) is 14.9 Å². The number of carbonyl (C=O) groups excluding carboxylic acids is 1. The number of Topliss-reactive ketones (excluding diaryl/α,β-unsaturated/α-hetero) is 1. The van der Waals surface area contributed by atoms with Crippen LogP contribution in [0, 0.1) is 10.1 Å². The highest BCUT2D eigenvalue weighted by atomic mass is 16.6. The summed E-state index contributed by atoms with van der Waals surface area (Å²) in [6, 6.07) is 14.0. The third-order valence-electron chi connectivity index (χ3n) is 5.36. The van der Waals surface area contributed by atoms with E-state index in [0.717, 1.165) is 42.6 Å². The molecular formula is C20H18N2O3. The van der Waals surface area contributed by atoms with E-state index in [4.69, 9.17) is 4.99 Å². The number of hydrogen-bond acceptors (Lipinski definition) is 4. The molecule has 2 aromatic rings. The second-order valence-corrected chi connectivity index (χ2v) is 6.77. The van der Waals surface area contributed by atoms with Gasteiger partial charge in [-0.1, -0.05) is 24.6 Å². The number of aliphatic imine (C=N–C) groups is 1. The van der Waals surface area contributed by atoms with Crippen molar-refractivity contribution < 1.29 is 9.72 Å². The standard InChI is InChI=1S/C20H18N2O3/c23-18(14-8-10-15(11-9-14)22(24)25)13-20-12-4-3-7-19(20)21-17-6-2-1-5-16(17)20/h1-2,5-6,8-11H,3-4,7,12-13H2. The van der Waals surface area contributed by atoms with Gasteiger partial charge in [-0.3, -0.25) is 19.9 Å². The SMILES string of the molecule is O=C(CC12CCCCC1=Nc1ccccc12)c1ccc([N+](=O)[O-])cc1. The van der Waals surface area contributed by atoms with Gasteiger partial charge in [-0.15, -0.1) is 0 Å². The molecule has 0 saturated heterocycles. The molecule has 2 aromatic carbocycles. The number of carbonyl (C=O) groups is 1. The number of hydrogen-bond donors (Lipinski definition) is 0. The fourth-order valence-corrected chi connectivity index (χ4v) is 4.11. The van der Waals surface area contributed by atoms with Crippen LogP contribution in [-0.4, -0.2) is 16.4 Å². The minimum Gasteiger partial charge on any atom is -0.294 e. The lowest BCUT2D eigenvalue weighted by Gasteiger charge is -2.35. The predicted molar refractivity (Wildman–Crippen MR) is 95.7 cm³/mol. The van der Waals surface area contributed by atoms with E-state index in [-0.39, 0.29) is 16.9 Å². The maximum Gasteiger partial charge on any atom is 0.269 e. The van der Waals surface area contributed by atoms with Crippen molar-refractivity contribution >= 4 is 22.9 Å². The fourth-order valence-electron chi connectivity index (χ4n) is 4.11. The molecule has 1 fully saturated rings. The Balaban J connectivity index is 1.67. The van der Waals surface area contributed by atoms with Crippen molar-refractivity contribution in [2.75, 3.05) is 0 Å². The molecule has 25 heavy (non-hydrogen) atoms. The van der Waals surface area contributed by atoms with Gasteiger partial charge >= 0.3 is 0 Å². The highest BCUT2D eigenvalue weighted by Gasteiger charge is 2.45. The van der Waals surface area contributed by atoms with Gasteiger partial charge in [0, 0.05) is 35.2 Å². The van der Waals surface area contributed by atoms with Crippen molar-refractivity contribution in [2.45, 2.75) is 37.5 Å². The lowest BCUT2D eigenvalue weighted by Crippen LogP contribution is -2.38. The van der Waals surface area contributed by atoms with Crippen LogP contribution in [-0.2, 0) is 5.41 Å². The Morgan fingerprint density at radius 1 is 1.12 bits per heavy atom. The summed E-state index contributed by atoms with van der Waals surface area (Å²) in [5, 5.41) is 10.8. The lowest BCUT2D eigenvalue weighted by molar-refractivity contribution is -0.384. The molecular weight excluding hydrogens is 316 g/mol. The maximum absolute atomic E-state index is 12.9. The zero-order valence-electron chi connectivity index (χ0n) is 13.8. The van der Waals surface area contributed by atoms with Gasteiger partial charge in [0.25, 0.3) is 5.69 Å². The molecule has 0 N–H and O–H groups in total. The number of fused-ring (bicyclic) bond motifs is 3. The van der Waals surface area contributed by atoms with Crippen LogP contribution in [0.2, 0.25) is 0 Å². The molecule has 126 valence electrons. The van der Waals surface area contributed by atoms with Crippen molar-refractivity contribution in [1.82, 2.24) is 0 Å². The molecule has 0 aromatic heterocycles. The fraction of sp³-hybridized carbons (Fsp3) is 0.300. The van der Waals surface area contributed by atoms with Gasteiger partial charge in [-0.05, 0) is 43.0 Å². The zero-order valence-corrected chi connectivity index (χ0v) is 13.8. The minimum absolute atomic E-state index is 0.000781. The molecule has 4 rings (SSSR count). The van der Waals surface area contributed by atoms with Gasteiger partial charge < -0.3 is 0 Å². The van der Waals surface area contributed by atoms with E-state index in [1.54, 1.807) is 12.1 Å². The number of nitrogens with zero attached hydrogens (tertiary/aromatic N) is 2. The summed E-state index contributed by atoms with van der Waals surface area (Å²) in [7, 11) is 0. The van der Waals surface area contributed by atoms with Gasteiger partial charge in [0.2, 0.25) is 0 Å². The average Bonchev–Trinajstić information content (AvgIpc) is 2.96. The van der Waals surface area contributed by atoms with Crippen LogP contribution in [0.1, 0.15) is 48.0 Å². The Morgan fingerprint density at radius 3 is 2.64 bits per heavy atom. The molecule has 0 bridgehead atoms. The second-order valence-electron chi connectivity index (χ2n) is 6.77. The molecule has 1 heterocycles. The van der Waals surface area contributed by atoms with E-state index < -0.39 is 4.92 Å². The first-order valence-electron chi connectivity index (χ1n) is 8.55. The maximum atomic E-state index is 12.9. The molecule has 1 atom stereocenters. The van der Waals surface area contributed by atoms with Gasteiger partial charge in [0.05, 0.1) is 10.6 Å². The third kappa shape index (κ3) is 2.56. The zero-order chi connectivity index (χ0) is 17.4. The number of para-hydroxylation sites is 1. The van der Waals surface area contributed by atoms with Gasteiger partial charge in [-0.2, -0.15) is 0 Å². The molecule has 1 aliphatic carbocycles. The van der Waals surface area contributed by atoms with Crippen LogP contribution >= 0.6 is 0 Å². The average molecular weight is 334 g/mol. The van der Waals surface area contributed by atoms with Crippen LogP contribution in [0.4, 0.5) is 11.4 Å². The highest BCUT2D eigenvalue weighted by molar-refractivity contribution is 6.08. The van der Waals surface area contributed by atoms with E-state index in [1.807, 2.05) is 18.2 Å². The van der Waals surface area contributed by atoms with E-state index in [1.165, 1.54) is 12.1 Å². The first-order chi connectivity index (χ1) is 12.1. The van der Waals surface area contributed by atoms with Crippen molar-refractivity contribution in [2.24, 2.45) is 4.99 Å². The lowest BCUT2D eigenvalue weighted by atomic mass is 9.66. The molecule has 0 spiro atoms. The molecule has 2 aliphatic rings. The third-order valence-corrected chi connectivity index (χ3v) is 5.36. The van der Waals surface area contributed by atoms with Crippen LogP contribution < -0.4 is 0 Å². The van der Waals surface area contributed by atoms with Crippen LogP contribution in [0.25, 0.3) is 0 Å². The van der Waals surface area contributed by atoms with E-state index in [2.05, 4.69) is 6.07 Å². The van der Waals surface area contributed by atoms with Crippen molar-refractivity contribution in [3.05, 3.63) is 69.8 Å². The number of benzene rings is 2. The summed E-state index contributed by atoms with van der Waals surface area (Å²) in [5.41, 5.74) is 3.48. The Bertz CT molecular complexity index is 886. The number of rotatable bonds is 4. The van der Waals surface area contributed by atoms with Crippen LogP contribution in [0.3, 0.4) is 0 Å². The quantitative estimate of drug-likeness (QED) is 0.459. The van der Waals surface area contributed by atoms with E-state index in [0.29, 0.717) is 12.0 Å². The van der Waals surface area contributed by atoms with E-state index >= 15 is 0 Å². The molecule has 5 nitrogen and oxygen atoms in total. The van der Waals surface area contributed by atoms with Gasteiger partial charge in [0.1, 0.15) is 0 Å². The molecule has 0 radical (unpaired) electrons. The number of ketones is 1. The molecule has 0 amide bonds. The predicted octanol–water partition coefficient (Wildman–Crippen LogP) is 4.77. The Hall–Kier alpha value is -2.82. The molecule has 1 aliphatic heterocycles. The van der Waals surface area contributed by atoms with Crippen molar-refractivity contribution in [3.8, 4) is 0 Å². The number of nitro groups is 1. The monoisotopic (exact) mass is 334 g/mol. The summed E-state index contributed by atoms with van der Waals surface area (Å²) in [6.07, 6.45) is 4.44. The topological polar surface area (TPSA) is 72.6 Å². The number of nitro benzene ring substituents is 1. The van der Waals surface area contributed by atoms with Gasteiger partial charge in [-0.25, -0.2) is 0 Å². The summed E-state index contributed by atoms with van der Waals surface area (Å²) in [4.78, 5) is 28.1. The smallest absolute Gasteiger partial charge is 0.269 e. The Labute approximate surface area is 145 Å². The summed E-state index contributed by atoms with van der Waals surface area (Å²) in [6.45, 7) is 0. The normalized spacial score (nSPS) is 21.2. The number of non-ortho nitro benzene ring substituents is 1. The molecule has 5 heteroatoms. The Kier molecular flexibility index (Phi) is 3.71. The summed E-state index contributed by atoms with van der Waals surface area (Å²) >= 11 is 0. The highest BCUT2D eigenvalue weighted by Crippen LogP contribution is 2.49. The van der Waals surface area contributed by atoms with Crippen LogP contribution in [0.15, 0.2) is 53.5 Å². The molecule has 1 saturated carbocycles. The first-order valence-corrected chi connectivity index (χ1v) is 8.55. The van der Waals surface area contributed by atoms with Crippen molar-refractivity contribution in [3.63, 3.8) is 0 Å².